The van der Waals surface area contributed by atoms with E-state index in [-0.39, 0.29) is 35.3 Å². The summed E-state index contributed by atoms with van der Waals surface area (Å²) in [5, 5.41) is 11.6. The van der Waals surface area contributed by atoms with E-state index in [1.807, 2.05) is 36.4 Å². The zero-order valence-corrected chi connectivity index (χ0v) is 24.1. The number of hydrogen-bond acceptors (Lipinski definition) is 6. The van der Waals surface area contributed by atoms with Crippen LogP contribution in [0.5, 0.6) is 5.75 Å². The number of esters is 1. The quantitative estimate of drug-likeness (QED) is 0.247. The van der Waals surface area contributed by atoms with Crippen molar-refractivity contribution in [2.24, 2.45) is 4.99 Å². The first-order valence-corrected chi connectivity index (χ1v) is 13.6. The van der Waals surface area contributed by atoms with Gasteiger partial charge in [-0.1, -0.05) is 42.4 Å². The van der Waals surface area contributed by atoms with Crippen molar-refractivity contribution in [3.05, 3.63) is 75.9 Å². The zero-order chi connectivity index (χ0) is 24.8. The highest BCUT2D eigenvalue weighted by Gasteiger charge is 2.33. The van der Waals surface area contributed by atoms with Crippen molar-refractivity contribution in [1.82, 2.24) is 0 Å². The minimum Gasteiger partial charge on any atom is -0.506 e. The number of nitrogens with zero attached hydrogens (tertiary/aromatic N) is 1. The van der Waals surface area contributed by atoms with Crippen LogP contribution in [0.1, 0.15) is 31.4 Å². The molecule has 34 heavy (non-hydrogen) atoms. The predicted molar refractivity (Wildman–Crippen MR) is 152 cm³/mol. The number of aliphatic hydroxyl groups excluding tert-OH is 1. The number of carbonyl (C=O) groups is 2. The largest absolute Gasteiger partial charge is 0.506 e. The number of aliphatic imine (C=N–C) groups is 1. The molecule has 0 aliphatic carbocycles. The van der Waals surface area contributed by atoms with E-state index in [4.69, 9.17) is 21.1 Å². The second kappa shape index (κ2) is 12.4. The molecule has 2 aromatic rings. The van der Waals surface area contributed by atoms with Crippen molar-refractivity contribution in [2.75, 3.05) is 6.61 Å². The van der Waals surface area contributed by atoms with Crippen LogP contribution in [0.25, 0.3) is 6.08 Å². The molecule has 1 heterocycles. The standard InChI is InChI=1S/C24H20ClI2NO5S/c1-3-19(29)28-23-20(24(31)32-4-2)21(30)18(34-23)11-14-9-16(26)22(17(27)10-14)33-12-13-5-7-15(25)8-6-13/h5-11,30H,3-4,12H2,1-2H3/b18-11-,28-23?. The summed E-state index contributed by atoms with van der Waals surface area (Å²) in [6.45, 7) is 3.89. The Balaban J connectivity index is 1.89. The van der Waals surface area contributed by atoms with Gasteiger partial charge < -0.3 is 14.6 Å². The smallest absolute Gasteiger partial charge is 0.344 e. The molecule has 2 aromatic carbocycles. The van der Waals surface area contributed by atoms with Gasteiger partial charge in [-0.05, 0) is 93.6 Å². The van der Waals surface area contributed by atoms with Crippen LogP contribution in [-0.2, 0) is 20.9 Å². The maximum atomic E-state index is 12.4. The molecule has 0 aromatic heterocycles. The first-order chi connectivity index (χ1) is 16.2. The Hall–Kier alpha value is -1.57. The summed E-state index contributed by atoms with van der Waals surface area (Å²) in [5.41, 5.74) is 1.71. The van der Waals surface area contributed by atoms with Gasteiger partial charge in [0, 0.05) is 11.4 Å². The summed E-state index contributed by atoms with van der Waals surface area (Å²) in [6.07, 6.45) is 1.93. The third-order valence-corrected chi connectivity index (χ3v) is 7.39. The van der Waals surface area contributed by atoms with Gasteiger partial charge in [0.15, 0.2) is 0 Å². The Morgan fingerprint density at radius 1 is 1.15 bits per heavy atom. The molecule has 0 saturated carbocycles. The number of ether oxygens (including phenoxy) is 2. The van der Waals surface area contributed by atoms with Crippen LogP contribution in [0.2, 0.25) is 5.02 Å². The normalized spacial score (nSPS) is 15.8. The highest BCUT2D eigenvalue weighted by atomic mass is 127. The molecule has 1 amide bonds. The average Bonchev–Trinajstić information content (AvgIpc) is 3.08. The van der Waals surface area contributed by atoms with Crippen molar-refractivity contribution in [3.8, 4) is 5.75 Å². The van der Waals surface area contributed by atoms with Crippen LogP contribution in [0, 0.1) is 7.14 Å². The maximum absolute atomic E-state index is 12.4. The van der Waals surface area contributed by atoms with Gasteiger partial charge in [0.2, 0.25) is 5.91 Å². The van der Waals surface area contributed by atoms with Gasteiger partial charge in [-0.15, -0.1) is 0 Å². The van der Waals surface area contributed by atoms with Crippen LogP contribution >= 0.6 is 68.5 Å². The van der Waals surface area contributed by atoms with Gasteiger partial charge in [-0.2, -0.15) is 0 Å². The fourth-order valence-corrected chi connectivity index (χ4v) is 6.16. The van der Waals surface area contributed by atoms with Gasteiger partial charge in [-0.3, -0.25) is 4.79 Å². The van der Waals surface area contributed by atoms with E-state index >= 15 is 0 Å². The van der Waals surface area contributed by atoms with E-state index < -0.39 is 5.97 Å². The Bertz CT molecular complexity index is 1190. The monoisotopic (exact) mass is 723 g/mol. The lowest BCUT2D eigenvalue weighted by atomic mass is 10.1. The summed E-state index contributed by atoms with van der Waals surface area (Å²) < 4.78 is 12.8. The lowest BCUT2D eigenvalue weighted by Crippen LogP contribution is -2.14. The topological polar surface area (TPSA) is 85.2 Å². The number of thioether (sulfide) groups is 1. The van der Waals surface area contributed by atoms with E-state index in [0.29, 0.717) is 16.5 Å². The molecule has 6 nitrogen and oxygen atoms in total. The molecular formula is C24H20ClI2NO5S. The van der Waals surface area contributed by atoms with E-state index in [1.165, 1.54) is 0 Å². The van der Waals surface area contributed by atoms with Crippen molar-refractivity contribution in [1.29, 1.82) is 0 Å². The number of halogens is 3. The molecule has 0 fully saturated rings. The van der Waals surface area contributed by atoms with Crippen LogP contribution in [0.3, 0.4) is 0 Å². The molecule has 10 heteroatoms. The van der Waals surface area contributed by atoms with E-state index in [2.05, 4.69) is 50.2 Å². The van der Waals surface area contributed by atoms with Crippen LogP contribution in [-0.4, -0.2) is 28.6 Å². The Morgan fingerprint density at radius 2 is 1.79 bits per heavy atom. The van der Waals surface area contributed by atoms with Crippen molar-refractivity contribution >= 4 is 91.5 Å². The SMILES string of the molecule is CCOC(=O)C1=C(O)/C(=C/c2cc(I)c(OCc3ccc(Cl)cc3)c(I)c2)SC1=NC(=O)CC. The number of hydrogen-bond donors (Lipinski definition) is 1. The third kappa shape index (κ3) is 6.76. The summed E-state index contributed by atoms with van der Waals surface area (Å²) in [5.74, 6) is -0.599. The Kier molecular flexibility index (Phi) is 9.86. The summed E-state index contributed by atoms with van der Waals surface area (Å²) in [4.78, 5) is 28.7. The van der Waals surface area contributed by atoms with Gasteiger partial charge in [-0.25, -0.2) is 9.79 Å². The number of benzene rings is 2. The van der Waals surface area contributed by atoms with Crippen LogP contribution < -0.4 is 4.74 Å². The highest BCUT2D eigenvalue weighted by molar-refractivity contribution is 14.1. The predicted octanol–water partition coefficient (Wildman–Crippen LogP) is 6.93. The lowest BCUT2D eigenvalue weighted by molar-refractivity contribution is -0.138. The summed E-state index contributed by atoms with van der Waals surface area (Å²) >= 11 is 11.4. The van der Waals surface area contributed by atoms with E-state index in [1.54, 1.807) is 19.9 Å². The summed E-state index contributed by atoms with van der Waals surface area (Å²) in [7, 11) is 0. The van der Waals surface area contributed by atoms with Crippen molar-refractivity contribution in [3.63, 3.8) is 0 Å². The fourth-order valence-electron chi connectivity index (χ4n) is 2.87. The minimum absolute atomic E-state index is 0.0905. The molecule has 0 unspecified atom stereocenters. The second-order valence-electron chi connectivity index (χ2n) is 6.95. The maximum Gasteiger partial charge on any atom is 0.344 e. The molecule has 0 radical (unpaired) electrons. The molecule has 0 spiro atoms. The molecule has 0 saturated heterocycles. The molecule has 0 bridgehead atoms. The third-order valence-electron chi connectivity index (χ3n) is 4.51. The second-order valence-corrected chi connectivity index (χ2v) is 10.7. The average molecular weight is 724 g/mol. The lowest BCUT2D eigenvalue weighted by Gasteiger charge is -2.12. The van der Waals surface area contributed by atoms with Gasteiger partial charge >= 0.3 is 5.97 Å². The molecule has 1 aliphatic heterocycles. The van der Waals surface area contributed by atoms with Crippen molar-refractivity contribution in [2.45, 2.75) is 26.9 Å². The number of carbonyl (C=O) groups excluding carboxylic acids is 2. The molecule has 0 atom stereocenters. The fraction of sp³-hybridized carbons (Fsp3) is 0.208. The van der Waals surface area contributed by atoms with Gasteiger partial charge in [0.25, 0.3) is 0 Å². The number of rotatable bonds is 7. The zero-order valence-electron chi connectivity index (χ0n) is 18.2. The molecule has 1 N–H and O–H groups in total. The first-order valence-electron chi connectivity index (χ1n) is 10.2. The first kappa shape index (κ1) is 27.0. The number of amides is 1. The highest BCUT2D eigenvalue weighted by Crippen LogP contribution is 2.40. The summed E-state index contributed by atoms with van der Waals surface area (Å²) in [6, 6.07) is 11.3. The minimum atomic E-state index is -0.714. The van der Waals surface area contributed by atoms with Crippen molar-refractivity contribution < 1.29 is 24.2 Å². The van der Waals surface area contributed by atoms with Gasteiger partial charge in [0.05, 0.1) is 18.7 Å². The Morgan fingerprint density at radius 3 is 2.38 bits per heavy atom. The molecule has 178 valence electrons. The van der Waals surface area contributed by atoms with Crippen LogP contribution in [0.4, 0.5) is 0 Å². The molecule has 3 rings (SSSR count). The Labute approximate surface area is 234 Å². The number of aliphatic hydroxyl groups is 1. The van der Waals surface area contributed by atoms with Gasteiger partial charge in [0.1, 0.15) is 28.7 Å². The van der Waals surface area contributed by atoms with E-state index in [9.17, 15) is 14.7 Å². The van der Waals surface area contributed by atoms with Crippen LogP contribution in [0.15, 0.2) is 57.6 Å². The van der Waals surface area contributed by atoms with E-state index in [0.717, 1.165) is 35.8 Å². The molecule has 1 aliphatic rings. The molecular weight excluding hydrogens is 704 g/mol.